The molecule has 1 atom stereocenters. The average Bonchev–Trinajstić information content (AvgIpc) is 2.31. The van der Waals surface area contributed by atoms with Gasteiger partial charge in [0, 0.05) is 18.1 Å². The predicted molar refractivity (Wildman–Crippen MR) is 75.7 cm³/mol. The monoisotopic (exact) mass is 287 g/mol. The van der Waals surface area contributed by atoms with E-state index in [0.29, 0.717) is 23.1 Å². The van der Waals surface area contributed by atoms with E-state index in [4.69, 9.17) is 28.3 Å². The van der Waals surface area contributed by atoms with Gasteiger partial charge in [-0.2, -0.15) is 0 Å². The van der Waals surface area contributed by atoms with Gasteiger partial charge in [0.05, 0.1) is 16.6 Å². The highest BCUT2D eigenvalue weighted by Gasteiger charge is 2.17. The lowest BCUT2D eigenvalue weighted by atomic mass is 10.1. The third-order valence-electron chi connectivity index (χ3n) is 2.51. The molecule has 1 aromatic rings. The van der Waals surface area contributed by atoms with E-state index in [1.165, 1.54) is 0 Å². The van der Waals surface area contributed by atoms with Crippen LogP contribution in [0.15, 0.2) is 30.9 Å². The summed E-state index contributed by atoms with van der Waals surface area (Å²) >= 11 is 12.0. The van der Waals surface area contributed by atoms with Gasteiger partial charge in [0.15, 0.2) is 0 Å². The molecule has 0 saturated carbocycles. The van der Waals surface area contributed by atoms with Crippen LogP contribution in [0, 0.1) is 5.92 Å². The zero-order valence-corrected chi connectivity index (χ0v) is 11.6. The van der Waals surface area contributed by atoms with Gasteiger partial charge in [-0.1, -0.05) is 36.2 Å². The molecule has 0 radical (unpaired) electrons. The van der Waals surface area contributed by atoms with E-state index in [1.807, 2.05) is 4.90 Å². The van der Waals surface area contributed by atoms with Gasteiger partial charge in [-0.15, -0.1) is 6.58 Å². The smallest absolute Gasteiger partial charge is 0.308 e. The van der Waals surface area contributed by atoms with Gasteiger partial charge in [-0.25, -0.2) is 0 Å². The van der Waals surface area contributed by atoms with Crippen LogP contribution in [0.1, 0.15) is 6.92 Å². The lowest BCUT2D eigenvalue weighted by molar-refractivity contribution is -0.140. The highest BCUT2D eigenvalue weighted by molar-refractivity contribution is 6.35. The molecular formula is C13H15Cl2NO2. The summed E-state index contributed by atoms with van der Waals surface area (Å²) < 4.78 is 0. The van der Waals surface area contributed by atoms with Gasteiger partial charge in [-0.05, 0) is 18.2 Å². The molecule has 0 aliphatic carbocycles. The van der Waals surface area contributed by atoms with E-state index < -0.39 is 11.9 Å². The molecule has 0 bridgehead atoms. The number of hydrogen-bond donors (Lipinski definition) is 1. The maximum absolute atomic E-state index is 10.9. The Morgan fingerprint density at radius 3 is 2.78 bits per heavy atom. The molecule has 0 aliphatic heterocycles. The molecular weight excluding hydrogens is 273 g/mol. The second kappa shape index (κ2) is 6.66. The van der Waals surface area contributed by atoms with Crippen LogP contribution in [-0.4, -0.2) is 24.2 Å². The number of carboxylic acids is 1. The Morgan fingerprint density at radius 2 is 2.22 bits per heavy atom. The average molecular weight is 288 g/mol. The van der Waals surface area contributed by atoms with E-state index in [2.05, 4.69) is 6.58 Å². The maximum atomic E-state index is 10.9. The fraction of sp³-hybridized carbons (Fsp3) is 0.308. The van der Waals surface area contributed by atoms with Crippen molar-refractivity contribution in [1.82, 2.24) is 0 Å². The molecule has 0 aliphatic rings. The van der Waals surface area contributed by atoms with Crippen molar-refractivity contribution in [3.8, 4) is 0 Å². The Hall–Kier alpha value is -1.19. The van der Waals surface area contributed by atoms with Crippen LogP contribution in [-0.2, 0) is 4.79 Å². The molecule has 0 amide bonds. The van der Waals surface area contributed by atoms with Crippen molar-refractivity contribution in [1.29, 1.82) is 0 Å². The van der Waals surface area contributed by atoms with Gasteiger partial charge in [0.2, 0.25) is 0 Å². The molecule has 0 saturated heterocycles. The Kier molecular flexibility index (Phi) is 5.51. The summed E-state index contributed by atoms with van der Waals surface area (Å²) in [5.74, 6) is -1.35. The highest BCUT2D eigenvalue weighted by atomic mass is 35.5. The van der Waals surface area contributed by atoms with Crippen LogP contribution >= 0.6 is 23.2 Å². The van der Waals surface area contributed by atoms with Crippen LogP contribution in [0.4, 0.5) is 5.69 Å². The standard InChI is InChI=1S/C13H15Cl2NO2/c1-3-6-16(8-9(2)13(17)18)12-7-10(14)4-5-11(12)15/h3-5,7,9H,1,6,8H2,2H3,(H,17,18). The minimum Gasteiger partial charge on any atom is -0.481 e. The summed E-state index contributed by atoms with van der Waals surface area (Å²) in [7, 11) is 0. The number of carbonyl (C=O) groups is 1. The molecule has 1 N–H and O–H groups in total. The van der Waals surface area contributed by atoms with E-state index in [1.54, 1.807) is 31.2 Å². The first-order valence-electron chi connectivity index (χ1n) is 5.49. The lowest BCUT2D eigenvalue weighted by Gasteiger charge is -2.26. The molecule has 0 heterocycles. The fourth-order valence-corrected chi connectivity index (χ4v) is 1.97. The zero-order chi connectivity index (χ0) is 13.7. The largest absolute Gasteiger partial charge is 0.481 e. The molecule has 3 nitrogen and oxygen atoms in total. The molecule has 5 heteroatoms. The SMILES string of the molecule is C=CCN(CC(C)C(=O)O)c1cc(Cl)ccc1Cl. The van der Waals surface area contributed by atoms with E-state index in [-0.39, 0.29) is 0 Å². The molecule has 0 aromatic heterocycles. The first-order valence-corrected chi connectivity index (χ1v) is 6.25. The van der Waals surface area contributed by atoms with Crippen molar-refractivity contribution in [2.75, 3.05) is 18.0 Å². The van der Waals surface area contributed by atoms with Gasteiger partial charge in [0.1, 0.15) is 0 Å². The third-order valence-corrected chi connectivity index (χ3v) is 3.07. The number of carboxylic acid groups (broad SMARTS) is 1. The second-order valence-electron chi connectivity index (χ2n) is 4.03. The molecule has 1 aromatic carbocycles. The number of aliphatic carboxylic acids is 1. The first kappa shape index (κ1) is 14.9. The zero-order valence-electron chi connectivity index (χ0n) is 10.1. The van der Waals surface area contributed by atoms with Crippen molar-refractivity contribution >= 4 is 34.9 Å². The van der Waals surface area contributed by atoms with Gasteiger partial charge in [0.25, 0.3) is 0 Å². The number of nitrogens with zero attached hydrogens (tertiary/aromatic N) is 1. The molecule has 0 fully saturated rings. The van der Waals surface area contributed by atoms with Gasteiger partial charge in [-0.3, -0.25) is 4.79 Å². The minimum absolute atomic E-state index is 0.349. The first-order chi connectivity index (χ1) is 8.45. The van der Waals surface area contributed by atoms with Gasteiger partial charge < -0.3 is 10.0 Å². The molecule has 1 rings (SSSR count). The van der Waals surface area contributed by atoms with Crippen molar-refractivity contribution < 1.29 is 9.90 Å². The van der Waals surface area contributed by atoms with Crippen molar-refractivity contribution in [3.63, 3.8) is 0 Å². The highest BCUT2D eigenvalue weighted by Crippen LogP contribution is 2.29. The van der Waals surface area contributed by atoms with E-state index in [9.17, 15) is 4.79 Å². The van der Waals surface area contributed by atoms with Crippen LogP contribution in [0.25, 0.3) is 0 Å². The number of benzene rings is 1. The Morgan fingerprint density at radius 1 is 1.56 bits per heavy atom. The maximum Gasteiger partial charge on any atom is 0.308 e. The Labute approximate surface area is 117 Å². The second-order valence-corrected chi connectivity index (χ2v) is 4.87. The summed E-state index contributed by atoms with van der Waals surface area (Å²) in [4.78, 5) is 12.8. The summed E-state index contributed by atoms with van der Waals surface area (Å²) in [6, 6.07) is 5.11. The van der Waals surface area contributed by atoms with Gasteiger partial charge >= 0.3 is 5.97 Å². The Bertz CT molecular complexity index is 449. The summed E-state index contributed by atoms with van der Waals surface area (Å²) in [6.07, 6.45) is 1.70. The van der Waals surface area contributed by atoms with Crippen molar-refractivity contribution in [2.24, 2.45) is 5.92 Å². The van der Waals surface area contributed by atoms with Crippen LogP contribution in [0.2, 0.25) is 10.0 Å². The molecule has 0 spiro atoms. The molecule has 1 unspecified atom stereocenters. The lowest BCUT2D eigenvalue weighted by Crippen LogP contribution is -2.32. The molecule has 18 heavy (non-hydrogen) atoms. The Balaban J connectivity index is 2.99. The van der Waals surface area contributed by atoms with E-state index >= 15 is 0 Å². The van der Waals surface area contributed by atoms with Crippen LogP contribution in [0.3, 0.4) is 0 Å². The summed E-state index contributed by atoms with van der Waals surface area (Å²) in [5.41, 5.74) is 0.720. The number of rotatable bonds is 6. The van der Waals surface area contributed by atoms with Crippen LogP contribution in [0.5, 0.6) is 0 Å². The number of hydrogen-bond acceptors (Lipinski definition) is 2. The quantitative estimate of drug-likeness (QED) is 0.811. The molecule has 98 valence electrons. The topological polar surface area (TPSA) is 40.5 Å². The predicted octanol–water partition coefficient (Wildman–Crippen LogP) is 3.71. The third kappa shape index (κ3) is 3.93. The van der Waals surface area contributed by atoms with Crippen LogP contribution < -0.4 is 4.90 Å². The fourth-order valence-electron chi connectivity index (χ4n) is 1.56. The van der Waals surface area contributed by atoms with Crippen molar-refractivity contribution in [3.05, 3.63) is 40.9 Å². The normalized spacial score (nSPS) is 11.9. The number of anilines is 1. The summed E-state index contributed by atoms with van der Waals surface area (Å²) in [6.45, 7) is 6.17. The van der Waals surface area contributed by atoms with Crippen molar-refractivity contribution in [2.45, 2.75) is 6.92 Å². The number of halogens is 2. The minimum atomic E-state index is -0.845. The van der Waals surface area contributed by atoms with E-state index in [0.717, 1.165) is 5.69 Å². The summed E-state index contributed by atoms with van der Waals surface area (Å²) in [5, 5.41) is 10.1.